The fourth-order valence-electron chi connectivity index (χ4n) is 13.7. The molecule has 3 nitrogen and oxygen atoms in total. The van der Waals surface area contributed by atoms with E-state index >= 15 is 0 Å². The molecule has 3 aliphatic rings. The molecule has 4 heterocycles. The van der Waals surface area contributed by atoms with Crippen LogP contribution in [0.2, 0.25) is 0 Å². The molecule has 2 aromatic heterocycles. The minimum Gasteiger partial charge on any atom is -0.310 e. The summed E-state index contributed by atoms with van der Waals surface area (Å²) in [7, 11) is 0. The Morgan fingerprint density at radius 3 is 1.50 bits per heavy atom. The molecule has 76 heavy (non-hydrogen) atoms. The minimum absolute atomic E-state index is 0.0118. The smallest absolute Gasteiger partial charge is 0.252 e. The molecule has 1 aliphatic carbocycles. The van der Waals surface area contributed by atoms with Crippen molar-refractivity contribution in [2.24, 2.45) is 0 Å². The highest BCUT2D eigenvalue weighted by molar-refractivity contribution is 7.00. The zero-order chi connectivity index (χ0) is 50.9. The van der Waals surface area contributed by atoms with Crippen molar-refractivity contribution in [2.75, 3.05) is 4.90 Å². The van der Waals surface area contributed by atoms with E-state index in [1.165, 1.54) is 138 Å². The number of benzene rings is 11. The normalized spacial score (nSPS) is 13.1. The molecule has 0 radical (unpaired) electrons. The summed E-state index contributed by atoms with van der Waals surface area (Å²) in [6.07, 6.45) is 0. The van der Waals surface area contributed by atoms with E-state index in [-0.39, 0.29) is 17.5 Å². The van der Waals surface area contributed by atoms with E-state index in [1.807, 2.05) is 0 Å². The largest absolute Gasteiger partial charge is 0.310 e. The van der Waals surface area contributed by atoms with Crippen molar-refractivity contribution in [2.45, 2.75) is 52.4 Å². The Morgan fingerprint density at radius 1 is 0.355 bits per heavy atom. The van der Waals surface area contributed by atoms with Gasteiger partial charge in [0.15, 0.2) is 0 Å². The van der Waals surface area contributed by atoms with E-state index < -0.39 is 0 Å². The van der Waals surface area contributed by atoms with Gasteiger partial charge in [0.25, 0.3) is 6.71 Å². The number of nitrogens with zero attached hydrogens (tertiary/aromatic N) is 3. The highest BCUT2D eigenvalue weighted by atomic mass is 15.2. The molecule has 0 bridgehead atoms. The summed E-state index contributed by atoms with van der Waals surface area (Å²) in [4.78, 5) is 2.51. The second-order valence-electron chi connectivity index (χ2n) is 23.7. The van der Waals surface area contributed by atoms with E-state index in [0.29, 0.717) is 0 Å². The first-order chi connectivity index (χ1) is 37.0. The molecule has 0 fully saturated rings. The van der Waals surface area contributed by atoms with Gasteiger partial charge in [-0.05, 0) is 154 Å². The van der Waals surface area contributed by atoms with Gasteiger partial charge in [-0.3, -0.25) is 0 Å². The van der Waals surface area contributed by atoms with E-state index in [9.17, 15) is 0 Å². The Balaban J connectivity index is 1.09. The Morgan fingerprint density at radius 2 is 0.882 bits per heavy atom. The number of aromatic nitrogens is 2. The number of anilines is 3. The van der Waals surface area contributed by atoms with E-state index in [0.717, 1.165) is 17.1 Å². The number of rotatable bonds is 5. The lowest BCUT2D eigenvalue weighted by Gasteiger charge is -2.36. The van der Waals surface area contributed by atoms with Gasteiger partial charge in [0.2, 0.25) is 0 Å². The van der Waals surface area contributed by atoms with Crippen molar-refractivity contribution in [1.29, 1.82) is 0 Å². The van der Waals surface area contributed by atoms with Crippen molar-refractivity contribution in [1.82, 2.24) is 9.13 Å². The molecule has 0 amide bonds. The maximum atomic E-state index is 2.68. The van der Waals surface area contributed by atoms with Crippen LogP contribution >= 0.6 is 0 Å². The van der Waals surface area contributed by atoms with Crippen LogP contribution in [0.5, 0.6) is 0 Å². The molecule has 0 atom stereocenters. The first kappa shape index (κ1) is 43.5. The average molecular weight is 972 g/mol. The standard InChI is InChI=1S/C72H54BN3/c1-71(2,3)48-28-32-50(33-29-48)74(51-34-30-49(31-35-51)72(4,5)6)52-41-63-68-64(42-52)76-62-26-16-25-56-54-23-14-13-22-53(54)55-24-15-21-46-39-60(70(76)67(65(46)55)66(56)62)73(68)59-40-47(44-19-11-8-12-20-44)38-58-57-37-45(43-17-9-7-10-18-43)27-36-61(57)75(63)69(58)59/h7-42H,1-6H3. The van der Waals surface area contributed by atoms with Gasteiger partial charge in [-0.25, -0.2) is 0 Å². The molecule has 11 aromatic carbocycles. The molecule has 16 rings (SSSR count). The van der Waals surface area contributed by atoms with Crippen LogP contribution in [0, 0.1) is 0 Å². The second-order valence-corrected chi connectivity index (χ2v) is 23.7. The maximum absolute atomic E-state index is 2.68. The van der Waals surface area contributed by atoms with Crippen molar-refractivity contribution < 1.29 is 0 Å². The summed E-state index contributed by atoms with van der Waals surface area (Å²) in [5.74, 6) is 0. The molecule has 0 unspecified atom stereocenters. The molecule has 0 N–H and O–H groups in total. The topological polar surface area (TPSA) is 13.1 Å². The summed E-state index contributed by atoms with van der Waals surface area (Å²) in [6, 6.07) is 83.5. The zero-order valence-electron chi connectivity index (χ0n) is 43.7. The fraction of sp³-hybridized carbons (Fsp3) is 0.111. The van der Waals surface area contributed by atoms with Crippen molar-refractivity contribution in [3.8, 4) is 55.9 Å². The quantitative estimate of drug-likeness (QED) is 0.157. The van der Waals surface area contributed by atoms with Crippen LogP contribution in [-0.2, 0) is 10.8 Å². The van der Waals surface area contributed by atoms with E-state index in [2.05, 4.69) is 274 Å². The SMILES string of the molecule is CC(C)(C)c1ccc(N(c2ccc(C(C)(C)C)cc2)c2cc3c4c(c2)-n2c5cccc6c5c5c7c(cccc7cc(c52)B4c2cc(-c4ccccc4)cc4c5cc(-c7ccccc7)ccc5n-3c24)-c2ccccc2-6)cc1. The Bertz CT molecular complexity index is 4560. The summed E-state index contributed by atoms with van der Waals surface area (Å²) < 4.78 is 5.32. The predicted octanol–water partition coefficient (Wildman–Crippen LogP) is 17.2. The lowest BCUT2D eigenvalue weighted by Crippen LogP contribution is -2.59. The Kier molecular flexibility index (Phi) is 8.80. The monoisotopic (exact) mass is 971 g/mol. The predicted molar refractivity (Wildman–Crippen MR) is 325 cm³/mol. The first-order valence-electron chi connectivity index (χ1n) is 27.0. The molecule has 13 aromatic rings. The van der Waals surface area contributed by atoms with Crippen molar-refractivity contribution >= 4 is 94.5 Å². The molecule has 4 heteroatoms. The molecular weight excluding hydrogens is 918 g/mol. The van der Waals surface area contributed by atoms with Crippen molar-refractivity contribution in [3.05, 3.63) is 230 Å². The fourth-order valence-corrected chi connectivity index (χ4v) is 13.7. The zero-order valence-corrected chi connectivity index (χ0v) is 43.7. The second kappa shape index (κ2) is 15.4. The number of hydrogen-bond donors (Lipinski definition) is 0. The molecular formula is C72H54BN3. The molecule has 0 spiro atoms. The van der Waals surface area contributed by atoms with Gasteiger partial charge in [0.05, 0.1) is 22.2 Å². The van der Waals surface area contributed by atoms with Crippen LogP contribution in [0.3, 0.4) is 0 Å². The van der Waals surface area contributed by atoms with E-state index in [4.69, 9.17) is 0 Å². The average Bonchev–Trinajstić information content (AvgIpc) is 3.97. The lowest BCUT2D eigenvalue weighted by molar-refractivity contribution is 0.590. The van der Waals surface area contributed by atoms with Gasteiger partial charge in [-0.1, -0.05) is 199 Å². The summed E-state index contributed by atoms with van der Waals surface area (Å²) in [5, 5.41) is 7.83. The van der Waals surface area contributed by atoms with Crippen molar-refractivity contribution in [3.63, 3.8) is 0 Å². The summed E-state index contributed by atoms with van der Waals surface area (Å²) >= 11 is 0. The lowest BCUT2D eigenvalue weighted by atomic mass is 9.34. The third-order valence-electron chi connectivity index (χ3n) is 17.3. The van der Waals surface area contributed by atoms with E-state index in [1.54, 1.807) is 0 Å². The van der Waals surface area contributed by atoms with Crippen LogP contribution in [0.4, 0.5) is 17.1 Å². The number of hydrogen-bond acceptors (Lipinski definition) is 1. The number of fused-ring (bicyclic) bond motifs is 11. The van der Waals surface area contributed by atoms with Gasteiger partial charge in [-0.2, -0.15) is 0 Å². The van der Waals surface area contributed by atoms with Gasteiger partial charge in [0, 0.05) is 49.8 Å². The molecule has 2 aliphatic heterocycles. The Hall–Kier alpha value is -8.86. The van der Waals surface area contributed by atoms with Gasteiger partial charge in [0.1, 0.15) is 0 Å². The van der Waals surface area contributed by atoms with Crippen LogP contribution in [0.15, 0.2) is 218 Å². The highest BCUT2D eigenvalue weighted by Gasteiger charge is 2.43. The van der Waals surface area contributed by atoms with Crippen LogP contribution in [0.1, 0.15) is 52.7 Å². The summed E-state index contributed by atoms with van der Waals surface area (Å²) in [6.45, 7) is 13.7. The summed E-state index contributed by atoms with van der Waals surface area (Å²) in [5.41, 5.74) is 27.6. The van der Waals surface area contributed by atoms with Crippen LogP contribution in [-0.4, -0.2) is 15.8 Å². The molecule has 360 valence electrons. The third-order valence-corrected chi connectivity index (χ3v) is 17.3. The van der Waals surface area contributed by atoms with Gasteiger partial charge >= 0.3 is 0 Å². The maximum Gasteiger partial charge on any atom is 0.252 e. The minimum atomic E-state index is -0.0693. The highest BCUT2D eigenvalue weighted by Crippen LogP contribution is 2.52. The van der Waals surface area contributed by atoms with Gasteiger partial charge in [-0.15, -0.1) is 0 Å². The molecule has 0 saturated carbocycles. The Labute approximate surface area is 444 Å². The molecule has 0 saturated heterocycles. The van der Waals surface area contributed by atoms with Crippen LogP contribution in [0.25, 0.3) is 110 Å². The van der Waals surface area contributed by atoms with Gasteiger partial charge < -0.3 is 14.0 Å². The third kappa shape index (κ3) is 6.01. The van der Waals surface area contributed by atoms with Crippen LogP contribution < -0.4 is 21.3 Å². The first-order valence-corrected chi connectivity index (χ1v) is 27.0.